The molecule has 0 aliphatic carbocycles. The molecule has 0 bridgehead atoms. The van der Waals surface area contributed by atoms with Gasteiger partial charge in [0.25, 0.3) is 0 Å². The molecule has 0 saturated heterocycles. The topological polar surface area (TPSA) is 105 Å². The van der Waals surface area contributed by atoms with Crippen LogP contribution in [-0.4, -0.2) is 65.2 Å². The third kappa shape index (κ3) is 6.75. The number of sulfonamides is 1. The van der Waals surface area contributed by atoms with Crippen molar-refractivity contribution in [3.05, 3.63) is 53.1 Å². The number of nitrogens with one attached hydrogen (secondary N) is 1. The van der Waals surface area contributed by atoms with Crippen molar-refractivity contribution in [2.45, 2.75) is 19.5 Å². The Kier molecular flexibility index (Phi) is 8.95. The summed E-state index contributed by atoms with van der Waals surface area (Å²) in [6.07, 6.45) is 0.989. The lowest BCUT2D eigenvalue weighted by molar-refractivity contribution is -0.139. The van der Waals surface area contributed by atoms with Crippen LogP contribution in [0.15, 0.2) is 42.5 Å². The monoisotopic (exact) mass is 497 g/mol. The Labute approximate surface area is 199 Å². The summed E-state index contributed by atoms with van der Waals surface area (Å²) in [7, 11) is 0.396. The number of ether oxygens (including phenoxy) is 2. The van der Waals surface area contributed by atoms with Crippen LogP contribution in [0.2, 0.25) is 5.02 Å². The second-order valence-electron chi connectivity index (χ2n) is 7.25. The Bertz CT molecular complexity index is 1110. The summed E-state index contributed by atoms with van der Waals surface area (Å²) in [5, 5.41) is 3.00. The summed E-state index contributed by atoms with van der Waals surface area (Å²) in [5.41, 5.74) is 0.833. The maximum absolute atomic E-state index is 13.4. The second kappa shape index (κ2) is 11.2. The number of carbonyl (C=O) groups excluding carboxylic acids is 2. The lowest BCUT2D eigenvalue weighted by atomic mass is 10.1. The summed E-state index contributed by atoms with van der Waals surface area (Å²) in [6.45, 7) is 1.07. The van der Waals surface area contributed by atoms with E-state index in [0.717, 1.165) is 10.6 Å². The van der Waals surface area contributed by atoms with E-state index in [1.807, 2.05) is 0 Å². The Hall–Kier alpha value is -2.98. The molecular weight excluding hydrogens is 470 g/mol. The van der Waals surface area contributed by atoms with E-state index in [9.17, 15) is 18.0 Å². The lowest BCUT2D eigenvalue weighted by Crippen LogP contribution is -2.50. The number of methoxy groups -OCH3 is 2. The third-order valence-electron chi connectivity index (χ3n) is 4.99. The minimum atomic E-state index is -3.91. The predicted octanol–water partition coefficient (Wildman–Crippen LogP) is 2.29. The van der Waals surface area contributed by atoms with Crippen molar-refractivity contribution in [3.63, 3.8) is 0 Å². The zero-order chi connectivity index (χ0) is 24.8. The van der Waals surface area contributed by atoms with Gasteiger partial charge in [0.2, 0.25) is 21.8 Å². The van der Waals surface area contributed by atoms with Gasteiger partial charge in [-0.3, -0.25) is 13.9 Å². The van der Waals surface area contributed by atoms with E-state index < -0.39 is 34.4 Å². The zero-order valence-corrected chi connectivity index (χ0v) is 20.7. The molecule has 9 nitrogen and oxygen atoms in total. The van der Waals surface area contributed by atoms with E-state index in [0.29, 0.717) is 16.3 Å². The molecule has 2 aromatic carbocycles. The molecule has 180 valence electrons. The predicted molar refractivity (Wildman–Crippen MR) is 127 cm³/mol. The van der Waals surface area contributed by atoms with Gasteiger partial charge in [0, 0.05) is 24.7 Å². The molecule has 0 heterocycles. The Morgan fingerprint density at radius 2 is 1.82 bits per heavy atom. The molecule has 1 atom stereocenters. The molecule has 0 radical (unpaired) electrons. The molecular formula is C22H28ClN3O6S. The summed E-state index contributed by atoms with van der Waals surface area (Å²) in [4.78, 5) is 27.1. The van der Waals surface area contributed by atoms with Crippen LogP contribution >= 0.6 is 11.6 Å². The minimum Gasteiger partial charge on any atom is -0.497 e. The molecule has 1 N–H and O–H groups in total. The first kappa shape index (κ1) is 26.3. The van der Waals surface area contributed by atoms with E-state index >= 15 is 0 Å². The van der Waals surface area contributed by atoms with Gasteiger partial charge in [0.1, 0.15) is 24.1 Å². The van der Waals surface area contributed by atoms with Crippen molar-refractivity contribution in [1.29, 1.82) is 0 Å². The van der Waals surface area contributed by atoms with Crippen LogP contribution in [0.1, 0.15) is 12.5 Å². The summed E-state index contributed by atoms with van der Waals surface area (Å²) in [5.74, 6) is -0.340. The number of rotatable bonds is 10. The van der Waals surface area contributed by atoms with Gasteiger partial charge in [0.05, 0.1) is 26.2 Å². The molecule has 0 aromatic heterocycles. The average molecular weight is 498 g/mol. The molecule has 0 spiro atoms. The van der Waals surface area contributed by atoms with Crippen LogP contribution in [0.4, 0.5) is 5.69 Å². The van der Waals surface area contributed by atoms with Crippen LogP contribution in [0, 0.1) is 0 Å². The van der Waals surface area contributed by atoms with Crippen LogP contribution in [0.25, 0.3) is 0 Å². The molecule has 0 aliphatic rings. The minimum absolute atomic E-state index is 0.0564. The number of hydrogen-bond donors (Lipinski definition) is 1. The first-order valence-electron chi connectivity index (χ1n) is 9.97. The van der Waals surface area contributed by atoms with Crippen LogP contribution in [-0.2, 0) is 26.2 Å². The standard InChI is InChI=1S/C22H28ClN3O6S/c1-15(22(28)24-2)25(13-16-7-6-8-17(23)11-16)21(27)14-26(33(5,29)30)19-12-18(31-3)9-10-20(19)32-4/h6-12,15H,13-14H2,1-5H3,(H,24,28). The Morgan fingerprint density at radius 1 is 1.12 bits per heavy atom. The number of amides is 2. The highest BCUT2D eigenvalue weighted by Crippen LogP contribution is 2.34. The molecule has 2 rings (SSSR count). The quantitative estimate of drug-likeness (QED) is 0.540. The average Bonchev–Trinajstić information content (AvgIpc) is 2.78. The van der Waals surface area contributed by atoms with Crippen molar-refractivity contribution < 1.29 is 27.5 Å². The van der Waals surface area contributed by atoms with Gasteiger partial charge >= 0.3 is 0 Å². The SMILES string of the molecule is CNC(=O)C(C)N(Cc1cccc(Cl)c1)C(=O)CN(c1cc(OC)ccc1OC)S(C)(=O)=O. The lowest BCUT2D eigenvalue weighted by Gasteiger charge is -2.31. The highest BCUT2D eigenvalue weighted by molar-refractivity contribution is 7.92. The summed E-state index contributed by atoms with van der Waals surface area (Å²) >= 11 is 6.07. The largest absolute Gasteiger partial charge is 0.497 e. The smallest absolute Gasteiger partial charge is 0.244 e. The first-order valence-corrected chi connectivity index (χ1v) is 12.2. The van der Waals surface area contributed by atoms with E-state index in [2.05, 4.69) is 5.32 Å². The van der Waals surface area contributed by atoms with E-state index in [4.69, 9.17) is 21.1 Å². The van der Waals surface area contributed by atoms with Gasteiger partial charge in [-0.1, -0.05) is 23.7 Å². The number of nitrogens with zero attached hydrogens (tertiary/aromatic N) is 2. The van der Waals surface area contributed by atoms with E-state index in [-0.39, 0.29) is 18.0 Å². The van der Waals surface area contributed by atoms with Gasteiger partial charge in [-0.25, -0.2) is 8.42 Å². The molecule has 33 heavy (non-hydrogen) atoms. The van der Waals surface area contributed by atoms with Crippen molar-refractivity contribution in [2.24, 2.45) is 0 Å². The fourth-order valence-electron chi connectivity index (χ4n) is 3.21. The van der Waals surface area contributed by atoms with Crippen molar-refractivity contribution in [3.8, 4) is 11.5 Å². The first-order chi connectivity index (χ1) is 15.5. The number of benzene rings is 2. The van der Waals surface area contributed by atoms with Crippen molar-refractivity contribution in [1.82, 2.24) is 10.2 Å². The molecule has 0 aliphatic heterocycles. The molecule has 11 heteroatoms. The second-order valence-corrected chi connectivity index (χ2v) is 9.59. The molecule has 0 saturated carbocycles. The summed E-state index contributed by atoms with van der Waals surface area (Å²) in [6, 6.07) is 10.6. The molecule has 0 fully saturated rings. The van der Waals surface area contributed by atoms with Gasteiger partial charge in [-0.05, 0) is 36.8 Å². The van der Waals surface area contributed by atoms with Gasteiger partial charge < -0.3 is 19.7 Å². The van der Waals surface area contributed by atoms with Crippen molar-refractivity contribution in [2.75, 3.05) is 38.4 Å². The number of halogens is 1. The summed E-state index contributed by atoms with van der Waals surface area (Å²) < 4.78 is 36.8. The number of hydrogen-bond acceptors (Lipinski definition) is 6. The number of anilines is 1. The van der Waals surface area contributed by atoms with Gasteiger partial charge in [0.15, 0.2) is 0 Å². The van der Waals surface area contributed by atoms with Crippen LogP contribution < -0.4 is 19.1 Å². The zero-order valence-electron chi connectivity index (χ0n) is 19.2. The Morgan fingerprint density at radius 3 is 2.36 bits per heavy atom. The molecule has 2 aromatic rings. The highest BCUT2D eigenvalue weighted by atomic mass is 35.5. The van der Waals surface area contributed by atoms with Gasteiger partial charge in [-0.2, -0.15) is 0 Å². The van der Waals surface area contributed by atoms with Crippen molar-refractivity contribution >= 4 is 39.1 Å². The van der Waals surface area contributed by atoms with E-state index in [1.54, 1.807) is 43.3 Å². The fraction of sp³-hybridized carbons (Fsp3) is 0.364. The Balaban J connectivity index is 2.48. The van der Waals surface area contributed by atoms with Crippen LogP contribution in [0.3, 0.4) is 0 Å². The number of likely N-dealkylation sites (N-methyl/N-ethyl adjacent to an activating group) is 1. The maximum Gasteiger partial charge on any atom is 0.244 e. The van der Waals surface area contributed by atoms with E-state index in [1.165, 1.54) is 32.2 Å². The fourth-order valence-corrected chi connectivity index (χ4v) is 4.27. The molecule has 2 amide bonds. The van der Waals surface area contributed by atoms with Crippen LogP contribution in [0.5, 0.6) is 11.5 Å². The third-order valence-corrected chi connectivity index (χ3v) is 6.35. The normalized spacial score (nSPS) is 11.9. The number of carbonyl (C=O) groups is 2. The molecule has 1 unspecified atom stereocenters. The van der Waals surface area contributed by atoms with Gasteiger partial charge in [-0.15, -0.1) is 0 Å². The highest BCUT2D eigenvalue weighted by Gasteiger charge is 2.31. The maximum atomic E-state index is 13.4.